The van der Waals surface area contributed by atoms with E-state index in [9.17, 15) is 0 Å². The van der Waals surface area contributed by atoms with Gasteiger partial charge in [-0.25, -0.2) is 0 Å². The van der Waals surface area contributed by atoms with Crippen molar-refractivity contribution in [2.24, 2.45) is 0 Å². The Morgan fingerprint density at radius 3 is 2.64 bits per heavy atom. The topological polar surface area (TPSA) is 21.1 Å². The van der Waals surface area contributed by atoms with Crippen LogP contribution in [0.4, 0.5) is 0 Å². The predicted octanol–water partition coefficient (Wildman–Crippen LogP) is 0.135. The molecule has 0 amide bonds. The van der Waals surface area contributed by atoms with Crippen molar-refractivity contribution in [3.8, 4) is 0 Å². The van der Waals surface area contributed by atoms with Crippen molar-refractivity contribution in [1.82, 2.24) is 0 Å². The number of hydrogen-bond acceptors (Lipinski definition) is 1. The summed E-state index contributed by atoms with van der Waals surface area (Å²) in [7, 11) is 0. The van der Waals surface area contributed by atoms with Gasteiger partial charge < -0.3 is 0 Å². The fourth-order valence-electron chi connectivity index (χ4n) is 2.26. The van der Waals surface area contributed by atoms with Gasteiger partial charge in [0.25, 0.3) is 0 Å². The third-order valence-electron chi connectivity index (χ3n) is 3.09. The maximum atomic E-state index is 3.94. The molecule has 2 aliphatic heterocycles. The van der Waals surface area contributed by atoms with Crippen molar-refractivity contribution in [3.63, 3.8) is 0 Å². The van der Waals surface area contributed by atoms with Crippen LogP contribution in [0, 0.1) is 0 Å². The van der Waals surface area contributed by atoms with Crippen LogP contribution < -0.4 is 10.2 Å². The van der Waals surface area contributed by atoms with Gasteiger partial charge in [-0.05, 0) is 31.0 Å². The van der Waals surface area contributed by atoms with Gasteiger partial charge in [-0.1, -0.05) is 15.9 Å². The van der Waals surface area contributed by atoms with Crippen molar-refractivity contribution < 1.29 is 10.2 Å². The SMILES string of the molecule is BrC[C@@H]1C[NH2+][C@](Br)([NH+]2CCCCC2)S1. The summed E-state index contributed by atoms with van der Waals surface area (Å²) >= 11 is 9.62. The number of nitrogens with one attached hydrogen (secondary N) is 1. The van der Waals surface area contributed by atoms with E-state index < -0.39 is 0 Å². The average molecular weight is 346 g/mol. The third-order valence-corrected chi connectivity index (χ3v) is 7.24. The molecule has 0 aliphatic carbocycles. The Hall–Kier alpha value is 1.23. The molecule has 82 valence electrons. The summed E-state index contributed by atoms with van der Waals surface area (Å²) in [5.41, 5.74) is 0. The number of quaternary nitrogens is 2. The molecule has 2 nitrogen and oxygen atoms in total. The number of hydrogen-bond donors (Lipinski definition) is 2. The van der Waals surface area contributed by atoms with Crippen LogP contribution in [-0.4, -0.2) is 34.1 Å². The van der Waals surface area contributed by atoms with E-state index in [0.717, 1.165) is 10.6 Å². The van der Waals surface area contributed by atoms with E-state index in [1.165, 1.54) is 38.9 Å². The maximum Gasteiger partial charge on any atom is 0.325 e. The molecular weight excluding hydrogens is 328 g/mol. The van der Waals surface area contributed by atoms with E-state index in [2.05, 4.69) is 48.9 Å². The minimum absolute atomic E-state index is 0.228. The normalized spacial score (nSPS) is 40.3. The molecule has 0 aromatic rings. The van der Waals surface area contributed by atoms with E-state index in [1.54, 1.807) is 4.90 Å². The molecule has 2 atom stereocenters. The van der Waals surface area contributed by atoms with Gasteiger partial charge in [0, 0.05) is 5.33 Å². The summed E-state index contributed by atoms with van der Waals surface area (Å²) in [5, 5.41) is 4.36. The highest BCUT2D eigenvalue weighted by atomic mass is 79.9. The van der Waals surface area contributed by atoms with Crippen LogP contribution in [0.5, 0.6) is 0 Å². The highest BCUT2D eigenvalue weighted by molar-refractivity contribution is 9.11. The summed E-state index contributed by atoms with van der Waals surface area (Å²) in [5.74, 6) is 0. The molecule has 0 unspecified atom stereocenters. The fourth-order valence-corrected chi connectivity index (χ4v) is 5.60. The number of thioether (sulfide) groups is 1. The zero-order chi connectivity index (χ0) is 10.0. The molecule has 2 fully saturated rings. The van der Waals surface area contributed by atoms with Crippen LogP contribution in [0.3, 0.4) is 0 Å². The van der Waals surface area contributed by atoms with Crippen molar-refractivity contribution in [2.75, 3.05) is 25.0 Å². The Morgan fingerprint density at radius 2 is 2.07 bits per heavy atom. The predicted molar refractivity (Wildman–Crippen MR) is 68.2 cm³/mol. The Balaban J connectivity index is 1.94. The van der Waals surface area contributed by atoms with Gasteiger partial charge in [-0.15, -0.1) is 0 Å². The highest BCUT2D eigenvalue weighted by Gasteiger charge is 2.50. The fraction of sp³-hybridized carbons (Fsp3) is 1.00. The molecule has 0 aromatic carbocycles. The summed E-state index contributed by atoms with van der Waals surface area (Å²) in [4.78, 5) is 1.73. The second-order valence-electron chi connectivity index (χ2n) is 4.14. The molecule has 0 saturated carbocycles. The smallest absolute Gasteiger partial charge is 0.275 e. The lowest BCUT2D eigenvalue weighted by atomic mass is 10.1. The molecule has 2 rings (SSSR count). The first-order chi connectivity index (χ1) is 6.74. The molecule has 0 bridgehead atoms. The molecule has 14 heavy (non-hydrogen) atoms. The zero-order valence-electron chi connectivity index (χ0n) is 8.27. The first-order valence-electron chi connectivity index (χ1n) is 5.37. The second-order valence-corrected chi connectivity index (χ2v) is 8.11. The first-order valence-corrected chi connectivity index (χ1v) is 8.16. The number of likely N-dealkylation sites (tertiary alicyclic amines) is 1. The Kier molecular flexibility index (Phi) is 4.21. The molecule has 0 spiro atoms. The summed E-state index contributed by atoms with van der Waals surface area (Å²) in [6.45, 7) is 3.91. The third kappa shape index (κ3) is 2.48. The van der Waals surface area contributed by atoms with Crippen LogP contribution in [0.2, 0.25) is 0 Å². The number of piperidine rings is 1. The van der Waals surface area contributed by atoms with Crippen LogP contribution in [0.25, 0.3) is 0 Å². The van der Waals surface area contributed by atoms with Crippen LogP contribution in [0.15, 0.2) is 0 Å². The molecule has 0 aromatic heterocycles. The van der Waals surface area contributed by atoms with Gasteiger partial charge in [0.2, 0.25) is 0 Å². The Bertz CT molecular complexity index is 199. The summed E-state index contributed by atoms with van der Waals surface area (Å²) < 4.78 is 0.228. The number of nitrogens with two attached hydrogens (primary N) is 1. The molecule has 2 saturated heterocycles. The molecule has 0 radical (unpaired) electrons. The van der Waals surface area contributed by atoms with E-state index in [1.807, 2.05) is 0 Å². The van der Waals surface area contributed by atoms with E-state index in [-0.39, 0.29) is 3.90 Å². The monoisotopic (exact) mass is 344 g/mol. The minimum atomic E-state index is 0.228. The van der Waals surface area contributed by atoms with Gasteiger partial charge >= 0.3 is 3.90 Å². The average Bonchev–Trinajstić information content (AvgIpc) is 2.63. The van der Waals surface area contributed by atoms with Crippen molar-refractivity contribution in [3.05, 3.63) is 0 Å². The van der Waals surface area contributed by atoms with Crippen LogP contribution in [-0.2, 0) is 0 Å². The molecule has 3 N–H and O–H groups in total. The van der Waals surface area contributed by atoms with E-state index in [0.29, 0.717) is 0 Å². The van der Waals surface area contributed by atoms with Gasteiger partial charge in [-0.2, -0.15) is 0 Å². The van der Waals surface area contributed by atoms with Gasteiger partial charge in [-0.3, -0.25) is 10.2 Å². The Morgan fingerprint density at radius 1 is 1.36 bits per heavy atom. The second kappa shape index (κ2) is 5.04. The summed E-state index contributed by atoms with van der Waals surface area (Å²) in [6, 6.07) is 0. The lowest BCUT2D eigenvalue weighted by molar-refractivity contribution is -1.03. The number of alkyl halides is 2. The van der Waals surface area contributed by atoms with Gasteiger partial charge in [0.05, 0.1) is 40.8 Å². The van der Waals surface area contributed by atoms with E-state index in [4.69, 9.17) is 0 Å². The molecule has 2 heterocycles. The minimum Gasteiger partial charge on any atom is -0.275 e. The highest BCUT2D eigenvalue weighted by Crippen LogP contribution is 2.29. The van der Waals surface area contributed by atoms with Crippen LogP contribution in [0.1, 0.15) is 19.3 Å². The first kappa shape index (κ1) is 11.7. The van der Waals surface area contributed by atoms with Crippen molar-refractivity contribution in [2.45, 2.75) is 28.4 Å². The summed E-state index contributed by atoms with van der Waals surface area (Å²) in [6.07, 6.45) is 4.23. The quantitative estimate of drug-likeness (QED) is 0.539. The lowest BCUT2D eigenvalue weighted by Crippen LogP contribution is -3.30. The standard InChI is InChI=1S/C9H16Br2N2S/c10-6-8-7-12-9(11,14-8)13-4-2-1-3-5-13/h8,12H,1-7H2/p+2/t8-,9-/m1/s1. The largest absolute Gasteiger partial charge is 0.325 e. The maximum absolute atomic E-state index is 3.94. The van der Waals surface area contributed by atoms with Gasteiger partial charge in [0.1, 0.15) is 0 Å². The number of rotatable bonds is 2. The Labute approximate surface area is 107 Å². The van der Waals surface area contributed by atoms with Crippen molar-refractivity contribution >= 4 is 43.6 Å². The molecule has 5 heteroatoms. The number of halogens is 2. The van der Waals surface area contributed by atoms with Crippen molar-refractivity contribution in [1.29, 1.82) is 0 Å². The van der Waals surface area contributed by atoms with Gasteiger partial charge in [0.15, 0.2) is 0 Å². The van der Waals surface area contributed by atoms with E-state index >= 15 is 0 Å². The van der Waals surface area contributed by atoms with Crippen LogP contribution >= 0.6 is 43.6 Å². The molecule has 2 aliphatic rings. The lowest BCUT2D eigenvalue weighted by Gasteiger charge is -2.32. The molecular formula is C9H18Br2N2S+2. The zero-order valence-corrected chi connectivity index (χ0v) is 12.3.